The molecule has 3 heterocycles. The number of hydrogen-bond donors (Lipinski definition) is 2. The molecule has 1 atom stereocenters. The third kappa shape index (κ3) is 2.91. The van der Waals surface area contributed by atoms with E-state index < -0.39 is 6.04 Å². The van der Waals surface area contributed by atoms with Crippen molar-refractivity contribution >= 4 is 16.8 Å². The number of fused-ring (bicyclic) bond motifs is 3. The van der Waals surface area contributed by atoms with Crippen molar-refractivity contribution in [3.8, 4) is 0 Å². The lowest BCUT2D eigenvalue weighted by Gasteiger charge is -2.31. The van der Waals surface area contributed by atoms with Crippen LogP contribution in [0.1, 0.15) is 30.4 Å². The summed E-state index contributed by atoms with van der Waals surface area (Å²) in [6.45, 7) is 4.62. The van der Waals surface area contributed by atoms with E-state index in [1.807, 2.05) is 11.1 Å². The Morgan fingerprint density at radius 1 is 1.25 bits per heavy atom. The third-order valence-corrected chi connectivity index (χ3v) is 5.42. The lowest BCUT2D eigenvalue weighted by molar-refractivity contribution is -0.133. The van der Waals surface area contributed by atoms with Crippen LogP contribution in [0.3, 0.4) is 0 Å². The Hall–Kier alpha value is -1.92. The van der Waals surface area contributed by atoms with Crippen molar-refractivity contribution in [1.82, 2.24) is 20.0 Å². The van der Waals surface area contributed by atoms with E-state index in [4.69, 9.17) is 5.73 Å². The molecule has 0 saturated carbocycles. The van der Waals surface area contributed by atoms with Crippen molar-refractivity contribution in [2.24, 2.45) is 5.73 Å². The van der Waals surface area contributed by atoms with Gasteiger partial charge in [0.1, 0.15) is 0 Å². The van der Waals surface area contributed by atoms with E-state index in [0.717, 1.165) is 43.5 Å². The summed E-state index contributed by atoms with van der Waals surface area (Å²) in [5.41, 5.74) is 9.70. The average Bonchev–Trinajstić information content (AvgIpc) is 3.26. The number of aromatic amines is 1. The maximum absolute atomic E-state index is 12.7. The standard InChI is InChI=1S/C18H25N5O/c19-16-5-3-13-4-6-17-14(11-20-21-17)15(13)12-23(18(16)24)10-9-22-7-1-2-8-22/h4,6,11,16H,1-3,5,7-10,12,19H2,(H,20,21)/t16-/m1/s1. The number of nitrogens with two attached hydrogens (primary N) is 1. The fourth-order valence-corrected chi connectivity index (χ4v) is 3.94. The van der Waals surface area contributed by atoms with Crippen molar-refractivity contribution in [2.45, 2.75) is 38.3 Å². The van der Waals surface area contributed by atoms with Crippen LogP contribution in [0.15, 0.2) is 18.3 Å². The van der Waals surface area contributed by atoms with E-state index in [1.165, 1.54) is 24.0 Å². The van der Waals surface area contributed by atoms with Gasteiger partial charge in [0.15, 0.2) is 0 Å². The molecule has 3 N–H and O–H groups in total. The van der Waals surface area contributed by atoms with Crippen molar-refractivity contribution in [3.63, 3.8) is 0 Å². The topological polar surface area (TPSA) is 78.2 Å². The molecule has 6 heteroatoms. The summed E-state index contributed by atoms with van der Waals surface area (Å²) < 4.78 is 0. The molecule has 1 aromatic heterocycles. The maximum Gasteiger partial charge on any atom is 0.239 e. The first-order chi connectivity index (χ1) is 11.7. The van der Waals surface area contributed by atoms with Gasteiger partial charge in [0, 0.05) is 25.0 Å². The van der Waals surface area contributed by atoms with Gasteiger partial charge in [-0.3, -0.25) is 9.89 Å². The number of H-pyrrole nitrogens is 1. The molecule has 0 bridgehead atoms. The second-order valence-electron chi connectivity index (χ2n) is 6.99. The molecule has 0 radical (unpaired) electrons. The maximum atomic E-state index is 12.7. The van der Waals surface area contributed by atoms with Gasteiger partial charge in [-0.05, 0) is 56.0 Å². The number of nitrogens with one attached hydrogen (secondary N) is 1. The zero-order valence-electron chi connectivity index (χ0n) is 14.0. The van der Waals surface area contributed by atoms with E-state index in [0.29, 0.717) is 13.0 Å². The zero-order chi connectivity index (χ0) is 16.5. The fraction of sp³-hybridized carbons (Fsp3) is 0.556. The van der Waals surface area contributed by atoms with Crippen molar-refractivity contribution in [2.75, 3.05) is 26.2 Å². The highest BCUT2D eigenvalue weighted by molar-refractivity contribution is 5.86. The molecule has 1 amide bonds. The predicted octanol–water partition coefficient (Wildman–Crippen LogP) is 1.26. The molecule has 6 nitrogen and oxygen atoms in total. The number of benzene rings is 1. The van der Waals surface area contributed by atoms with Crippen LogP contribution >= 0.6 is 0 Å². The number of amides is 1. The quantitative estimate of drug-likeness (QED) is 0.890. The molecule has 1 aromatic carbocycles. The first-order valence-corrected chi connectivity index (χ1v) is 8.93. The lowest BCUT2D eigenvalue weighted by atomic mass is 9.94. The largest absolute Gasteiger partial charge is 0.336 e. The second kappa shape index (κ2) is 6.53. The van der Waals surface area contributed by atoms with Gasteiger partial charge in [0.05, 0.1) is 17.8 Å². The van der Waals surface area contributed by atoms with Gasteiger partial charge < -0.3 is 15.5 Å². The van der Waals surface area contributed by atoms with E-state index in [2.05, 4.69) is 27.2 Å². The van der Waals surface area contributed by atoms with E-state index in [-0.39, 0.29) is 5.91 Å². The first-order valence-electron chi connectivity index (χ1n) is 8.93. The average molecular weight is 327 g/mol. The molecule has 0 aliphatic carbocycles. The minimum absolute atomic E-state index is 0.0837. The van der Waals surface area contributed by atoms with E-state index in [1.54, 1.807) is 0 Å². The smallest absolute Gasteiger partial charge is 0.239 e. The fourth-order valence-electron chi connectivity index (χ4n) is 3.94. The SMILES string of the molecule is N[C@@H]1CCc2ccc3[nH]ncc3c2CN(CCN2CCCC2)C1=O. The summed E-state index contributed by atoms with van der Waals surface area (Å²) in [5, 5.41) is 8.33. The molecule has 1 saturated heterocycles. The second-order valence-corrected chi connectivity index (χ2v) is 6.99. The molecule has 0 spiro atoms. The van der Waals surface area contributed by atoms with Crippen LogP contribution in [-0.2, 0) is 17.8 Å². The summed E-state index contributed by atoms with van der Waals surface area (Å²) in [7, 11) is 0. The summed E-state index contributed by atoms with van der Waals surface area (Å²) in [5.74, 6) is 0.0837. The van der Waals surface area contributed by atoms with E-state index >= 15 is 0 Å². The van der Waals surface area contributed by atoms with Crippen molar-refractivity contribution < 1.29 is 4.79 Å². The Kier molecular flexibility index (Phi) is 4.24. The van der Waals surface area contributed by atoms with Gasteiger partial charge in [-0.25, -0.2) is 0 Å². The zero-order valence-corrected chi connectivity index (χ0v) is 14.0. The van der Waals surface area contributed by atoms with Crippen LogP contribution in [-0.4, -0.2) is 58.1 Å². The van der Waals surface area contributed by atoms with Crippen molar-refractivity contribution in [3.05, 3.63) is 29.5 Å². The Morgan fingerprint density at radius 3 is 2.92 bits per heavy atom. The Bertz CT molecular complexity index is 734. The normalized spacial score (nSPS) is 22.6. The molecule has 2 aromatic rings. The predicted molar refractivity (Wildman–Crippen MR) is 93.5 cm³/mol. The van der Waals surface area contributed by atoms with Crippen LogP contribution < -0.4 is 5.73 Å². The molecule has 24 heavy (non-hydrogen) atoms. The number of carbonyl (C=O) groups is 1. The van der Waals surface area contributed by atoms with Gasteiger partial charge in [0.25, 0.3) is 0 Å². The molecular formula is C18H25N5O. The van der Waals surface area contributed by atoms with Crippen LogP contribution in [0, 0.1) is 0 Å². The van der Waals surface area contributed by atoms with Crippen LogP contribution in [0.2, 0.25) is 0 Å². The number of aromatic nitrogens is 2. The summed E-state index contributed by atoms with van der Waals surface area (Å²) in [4.78, 5) is 17.1. The Labute approximate surface area is 142 Å². The van der Waals surface area contributed by atoms with Crippen LogP contribution in [0.25, 0.3) is 10.9 Å². The molecule has 4 rings (SSSR count). The minimum atomic E-state index is -0.392. The molecular weight excluding hydrogens is 302 g/mol. The first kappa shape index (κ1) is 15.6. The number of hydrogen-bond acceptors (Lipinski definition) is 4. The molecule has 0 unspecified atom stereocenters. The molecule has 2 aliphatic rings. The van der Waals surface area contributed by atoms with Gasteiger partial charge in [-0.15, -0.1) is 0 Å². The van der Waals surface area contributed by atoms with Crippen LogP contribution in [0.5, 0.6) is 0 Å². The highest BCUT2D eigenvalue weighted by atomic mass is 16.2. The lowest BCUT2D eigenvalue weighted by Crippen LogP contribution is -2.47. The highest BCUT2D eigenvalue weighted by Crippen LogP contribution is 2.26. The van der Waals surface area contributed by atoms with Gasteiger partial charge in [-0.2, -0.15) is 5.10 Å². The molecule has 1 fully saturated rings. The number of aryl methyl sites for hydroxylation is 1. The molecule has 2 aliphatic heterocycles. The minimum Gasteiger partial charge on any atom is -0.336 e. The number of rotatable bonds is 3. The van der Waals surface area contributed by atoms with Gasteiger partial charge in [-0.1, -0.05) is 6.07 Å². The number of nitrogens with zero attached hydrogens (tertiary/aromatic N) is 3. The summed E-state index contributed by atoms with van der Waals surface area (Å²) in [6, 6.07) is 3.83. The number of likely N-dealkylation sites (tertiary alicyclic amines) is 1. The van der Waals surface area contributed by atoms with E-state index in [9.17, 15) is 4.79 Å². The monoisotopic (exact) mass is 327 g/mol. The van der Waals surface area contributed by atoms with Gasteiger partial charge >= 0.3 is 0 Å². The third-order valence-electron chi connectivity index (χ3n) is 5.42. The van der Waals surface area contributed by atoms with Crippen molar-refractivity contribution in [1.29, 1.82) is 0 Å². The van der Waals surface area contributed by atoms with Gasteiger partial charge in [0.2, 0.25) is 5.91 Å². The molecule has 128 valence electrons. The highest BCUT2D eigenvalue weighted by Gasteiger charge is 2.26. The Balaban J connectivity index is 1.61. The Morgan fingerprint density at radius 2 is 2.08 bits per heavy atom. The van der Waals surface area contributed by atoms with Crippen LogP contribution in [0.4, 0.5) is 0 Å². The number of carbonyl (C=O) groups excluding carboxylic acids is 1. The summed E-state index contributed by atoms with van der Waals surface area (Å²) >= 11 is 0. The summed E-state index contributed by atoms with van der Waals surface area (Å²) in [6.07, 6.45) is 5.97.